The zero-order valence-corrected chi connectivity index (χ0v) is 8.53. The Morgan fingerprint density at radius 3 is 2.62 bits per heavy atom. The van der Waals surface area contributed by atoms with Crippen molar-refractivity contribution in [3.8, 4) is 0 Å². The van der Waals surface area contributed by atoms with Crippen LogP contribution in [0.5, 0.6) is 0 Å². The van der Waals surface area contributed by atoms with Gasteiger partial charge in [0.1, 0.15) is 5.82 Å². The largest absolute Gasteiger partial charge is 0.324 e. The molecule has 72 valence electrons. The molecule has 0 aromatic heterocycles. The fraction of sp³-hybridized carbons (Fsp3) is 0.400. The summed E-state index contributed by atoms with van der Waals surface area (Å²) in [6, 6.07) is 2.96. The summed E-state index contributed by atoms with van der Waals surface area (Å²) in [5.41, 5.74) is 7.47. The second-order valence-corrected chi connectivity index (χ2v) is 3.45. The lowest BCUT2D eigenvalue weighted by atomic mass is 10.00. The topological polar surface area (TPSA) is 26.0 Å². The second kappa shape index (κ2) is 4.07. The first kappa shape index (κ1) is 10.5. The van der Waals surface area contributed by atoms with Crippen molar-refractivity contribution in [2.45, 2.75) is 26.3 Å². The molecule has 0 heterocycles. The fourth-order valence-corrected chi connectivity index (χ4v) is 1.70. The van der Waals surface area contributed by atoms with Gasteiger partial charge in [-0.25, -0.2) is 4.39 Å². The van der Waals surface area contributed by atoms with Gasteiger partial charge >= 0.3 is 0 Å². The zero-order chi connectivity index (χ0) is 10.0. The van der Waals surface area contributed by atoms with Crippen LogP contribution < -0.4 is 5.73 Å². The van der Waals surface area contributed by atoms with E-state index in [0.29, 0.717) is 6.42 Å². The maximum absolute atomic E-state index is 13.0. The molecule has 1 aromatic rings. The van der Waals surface area contributed by atoms with Crippen LogP contribution in [0.1, 0.15) is 31.0 Å². The van der Waals surface area contributed by atoms with Gasteiger partial charge in [0.05, 0.1) is 5.02 Å². The Morgan fingerprint density at radius 2 is 2.15 bits per heavy atom. The average molecular weight is 202 g/mol. The summed E-state index contributed by atoms with van der Waals surface area (Å²) in [7, 11) is 0. The highest BCUT2D eigenvalue weighted by molar-refractivity contribution is 6.31. The van der Waals surface area contributed by atoms with Crippen LogP contribution in [0.2, 0.25) is 5.02 Å². The predicted octanol–water partition coefficient (Wildman–Crippen LogP) is 3.06. The van der Waals surface area contributed by atoms with Crippen LogP contribution in [0.15, 0.2) is 12.1 Å². The number of benzene rings is 1. The van der Waals surface area contributed by atoms with Gasteiger partial charge in [-0.1, -0.05) is 24.6 Å². The van der Waals surface area contributed by atoms with Crippen LogP contribution in [0, 0.1) is 5.82 Å². The standard InChI is InChI=1S/C10H13ClFN/c1-3-7-8(6(2)13)4-5-9(12)10(7)11/h4-6H,3,13H2,1-2H3/t6-/m1/s1. The van der Waals surface area contributed by atoms with E-state index >= 15 is 0 Å². The van der Waals surface area contributed by atoms with E-state index in [-0.39, 0.29) is 16.9 Å². The van der Waals surface area contributed by atoms with E-state index in [1.807, 2.05) is 13.8 Å². The van der Waals surface area contributed by atoms with Crippen molar-refractivity contribution in [2.24, 2.45) is 5.73 Å². The van der Waals surface area contributed by atoms with Crippen LogP contribution in [0.3, 0.4) is 0 Å². The first-order valence-corrected chi connectivity index (χ1v) is 4.68. The molecule has 0 aliphatic heterocycles. The smallest absolute Gasteiger partial charge is 0.142 e. The number of rotatable bonds is 2. The summed E-state index contributed by atoms with van der Waals surface area (Å²) in [5, 5.41) is 0.206. The van der Waals surface area contributed by atoms with E-state index in [4.69, 9.17) is 17.3 Å². The van der Waals surface area contributed by atoms with Crippen molar-refractivity contribution in [3.05, 3.63) is 34.1 Å². The molecule has 0 unspecified atom stereocenters. The summed E-state index contributed by atoms with van der Waals surface area (Å²) in [6.45, 7) is 3.80. The predicted molar refractivity (Wildman–Crippen MR) is 53.4 cm³/mol. The molecule has 0 saturated heterocycles. The Labute approximate surface area is 82.7 Å². The number of halogens is 2. The highest BCUT2D eigenvalue weighted by Gasteiger charge is 2.12. The van der Waals surface area contributed by atoms with Gasteiger partial charge in [-0.3, -0.25) is 0 Å². The molecule has 0 bridgehead atoms. The van der Waals surface area contributed by atoms with Gasteiger partial charge < -0.3 is 5.73 Å². The molecular formula is C10H13ClFN. The molecule has 13 heavy (non-hydrogen) atoms. The Balaban J connectivity index is 3.30. The van der Waals surface area contributed by atoms with Crippen molar-refractivity contribution < 1.29 is 4.39 Å². The third-order valence-electron chi connectivity index (χ3n) is 2.08. The minimum atomic E-state index is -0.372. The van der Waals surface area contributed by atoms with E-state index in [9.17, 15) is 4.39 Å². The van der Waals surface area contributed by atoms with E-state index in [1.165, 1.54) is 6.07 Å². The minimum absolute atomic E-state index is 0.104. The van der Waals surface area contributed by atoms with E-state index < -0.39 is 0 Å². The Hall–Kier alpha value is -0.600. The van der Waals surface area contributed by atoms with Crippen molar-refractivity contribution in [2.75, 3.05) is 0 Å². The van der Waals surface area contributed by atoms with Crippen LogP contribution in [-0.4, -0.2) is 0 Å². The summed E-state index contributed by atoms with van der Waals surface area (Å²) >= 11 is 5.81. The SMILES string of the molecule is CCc1c([C@@H](C)N)ccc(F)c1Cl. The fourth-order valence-electron chi connectivity index (χ4n) is 1.39. The van der Waals surface area contributed by atoms with Crippen molar-refractivity contribution in [1.29, 1.82) is 0 Å². The Kier molecular flexibility index (Phi) is 3.28. The number of hydrogen-bond acceptors (Lipinski definition) is 1. The molecule has 0 saturated carbocycles. The third-order valence-corrected chi connectivity index (χ3v) is 2.49. The van der Waals surface area contributed by atoms with Gasteiger partial charge in [-0.05, 0) is 30.5 Å². The third kappa shape index (κ3) is 2.01. The molecule has 0 amide bonds. The first-order chi connectivity index (χ1) is 6.07. The molecule has 0 aliphatic rings. The quantitative estimate of drug-likeness (QED) is 0.782. The van der Waals surface area contributed by atoms with Gasteiger partial charge in [0.15, 0.2) is 0 Å². The molecule has 1 rings (SSSR count). The van der Waals surface area contributed by atoms with Crippen molar-refractivity contribution >= 4 is 11.6 Å². The monoisotopic (exact) mass is 201 g/mol. The normalized spacial score (nSPS) is 13.0. The van der Waals surface area contributed by atoms with Crippen LogP contribution >= 0.6 is 11.6 Å². The molecule has 0 aliphatic carbocycles. The Bertz CT molecular complexity index is 310. The van der Waals surface area contributed by atoms with Gasteiger partial charge in [-0.15, -0.1) is 0 Å². The summed E-state index contributed by atoms with van der Waals surface area (Å²) < 4.78 is 13.0. The molecule has 0 spiro atoms. The average Bonchev–Trinajstić information content (AvgIpc) is 2.09. The van der Waals surface area contributed by atoms with E-state index in [0.717, 1.165) is 11.1 Å². The van der Waals surface area contributed by atoms with Crippen molar-refractivity contribution in [1.82, 2.24) is 0 Å². The van der Waals surface area contributed by atoms with Crippen molar-refractivity contribution in [3.63, 3.8) is 0 Å². The second-order valence-electron chi connectivity index (χ2n) is 3.07. The molecule has 0 fully saturated rings. The first-order valence-electron chi connectivity index (χ1n) is 4.30. The van der Waals surface area contributed by atoms with E-state index in [1.54, 1.807) is 6.07 Å². The number of nitrogens with two attached hydrogens (primary N) is 1. The molecule has 0 radical (unpaired) electrons. The summed E-state index contributed by atoms with van der Waals surface area (Å²) in [5.74, 6) is -0.372. The lowest BCUT2D eigenvalue weighted by Crippen LogP contribution is -2.09. The summed E-state index contributed by atoms with van der Waals surface area (Å²) in [4.78, 5) is 0. The van der Waals surface area contributed by atoms with Gasteiger partial charge in [0.2, 0.25) is 0 Å². The Morgan fingerprint density at radius 1 is 1.54 bits per heavy atom. The minimum Gasteiger partial charge on any atom is -0.324 e. The van der Waals surface area contributed by atoms with E-state index in [2.05, 4.69) is 0 Å². The molecule has 1 aromatic carbocycles. The zero-order valence-electron chi connectivity index (χ0n) is 7.77. The van der Waals surface area contributed by atoms with Gasteiger partial charge in [0.25, 0.3) is 0 Å². The lowest BCUT2D eigenvalue weighted by molar-refractivity contribution is 0.623. The molecular weight excluding hydrogens is 189 g/mol. The highest BCUT2D eigenvalue weighted by Crippen LogP contribution is 2.27. The molecule has 2 N–H and O–H groups in total. The number of hydrogen-bond donors (Lipinski definition) is 1. The molecule has 1 nitrogen and oxygen atoms in total. The van der Waals surface area contributed by atoms with Crippen LogP contribution in [0.25, 0.3) is 0 Å². The lowest BCUT2D eigenvalue weighted by Gasteiger charge is -2.13. The molecule has 1 atom stereocenters. The van der Waals surface area contributed by atoms with Crippen LogP contribution in [-0.2, 0) is 6.42 Å². The molecule has 3 heteroatoms. The van der Waals surface area contributed by atoms with Gasteiger partial charge in [-0.2, -0.15) is 0 Å². The summed E-state index contributed by atoms with van der Waals surface area (Å²) in [6.07, 6.45) is 0.702. The maximum Gasteiger partial charge on any atom is 0.142 e. The maximum atomic E-state index is 13.0. The highest BCUT2D eigenvalue weighted by atomic mass is 35.5. The van der Waals surface area contributed by atoms with Gasteiger partial charge in [0, 0.05) is 6.04 Å². The van der Waals surface area contributed by atoms with Crippen LogP contribution in [0.4, 0.5) is 4.39 Å².